The fourth-order valence-corrected chi connectivity index (χ4v) is 1.41. The van der Waals surface area contributed by atoms with Crippen molar-refractivity contribution < 1.29 is 19.5 Å². The topological polar surface area (TPSA) is 108 Å². The lowest BCUT2D eigenvalue weighted by Crippen LogP contribution is -2.53. The number of carboxylic acids is 1. The van der Waals surface area contributed by atoms with Gasteiger partial charge in [0.05, 0.1) is 5.92 Å². The van der Waals surface area contributed by atoms with E-state index in [1.807, 2.05) is 20.8 Å². The molecule has 0 fully saturated rings. The highest BCUT2D eigenvalue weighted by molar-refractivity contribution is 5.87. The highest BCUT2D eigenvalue weighted by atomic mass is 16.4. The van der Waals surface area contributed by atoms with E-state index < -0.39 is 24.0 Å². The average Bonchev–Trinajstić information content (AvgIpc) is 2.26. The zero-order valence-electron chi connectivity index (χ0n) is 12.7. The minimum absolute atomic E-state index is 0.0330. The van der Waals surface area contributed by atoms with Crippen LogP contribution in [0.15, 0.2) is 0 Å². The fraction of sp³-hybridized carbons (Fsp3) is 0.769. The lowest BCUT2D eigenvalue weighted by Gasteiger charge is -2.23. The Hall–Kier alpha value is -1.79. The molecule has 0 radical (unpaired) electrons. The summed E-state index contributed by atoms with van der Waals surface area (Å²) in [5, 5.41) is 16.5. The van der Waals surface area contributed by atoms with E-state index in [1.165, 1.54) is 0 Å². The first kappa shape index (κ1) is 18.2. The molecular weight excluding hydrogens is 262 g/mol. The predicted octanol–water partition coefficient (Wildman–Crippen LogP) is 0.700. The molecule has 0 saturated carbocycles. The van der Waals surface area contributed by atoms with Crippen molar-refractivity contribution >= 4 is 17.9 Å². The fourth-order valence-electron chi connectivity index (χ4n) is 1.41. The molecule has 20 heavy (non-hydrogen) atoms. The Labute approximate surface area is 119 Å². The third-order valence-electron chi connectivity index (χ3n) is 2.59. The molecule has 0 rings (SSSR count). The lowest BCUT2D eigenvalue weighted by molar-refractivity contribution is -0.141. The molecule has 0 spiro atoms. The molecule has 7 heteroatoms. The van der Waals surface area contributed by atoms with Gasteiger partial charge in [0.25, 0.3) is 0 Å². The summed E-state index contributed by atoms with van der Waals surface area (Å²) in [5.74, 6) is -1.87. The summed E-state index contributed by atoms with van der Waals surface area (Å²) >= 11 is 0. The second-order valence-electron chi connectivity index (χ2n) is 5.76. The minimum atomic E-state index is -0.952. The Morgan fingerprint density at radius 2 is 1.75 bits per heavy atom. The second-order valence-corrected chi connectivity index (χ2v) is 5.76. The quantitative estimate of drug-likeness (QED) is 0.576. The molecule has 0 aliphatic heterocycles. The molecule has 0 aromatic rings. The summed E-state index contributed by atoms with van der Waals surface area (Å²) < 4.78 is 0. The van der Waals surface area contributed by atoms with Crippen LogP contribution in [-0.2, 0) is 9.59 Å². The molecule has 0 aliphatic carbocycles. The van der Waals surface area contributed by atoms with Crippen LogP contribution in [0, 0.1) is 5.92 Å². The number of rotatable bonds is 6. The van der Waals surface area contributed by atoms with E-state index in [0.29, 0.717) is 6.42 Å². The van der Waals surface area contributed by atoms with Gasteiger partial charge in [-0.1, -0.05) is 6.92 Å². The molecule has 0 bridgehead atoms. The standard InChI is InChI=1S/C13H25N3O4/c1-6-9(11(18)19)7-14-12(20)15-8(2)10(17)16-13(3,4)5/h8-9H,6-7H2,1-5H3,(H,16,17)(H,18,19)(H2,14,15,20). The number of carbonyl (C=O) groups excluding carboxylic acids is 2. The summed E-state index contributed by atoms with van der Waals surface area (Å²) in [6.07, 6.45) is 0.426. The van der Waals surface area contributed by atoms with E-state index in [4.69, 9.17) is 5.11 Å². The van der Waals surface area contributed by atoms with E-state index in [2.05, 4.69) is 16.0 Å². The van der Waals surface area contributed by atoms with E-state index in [-0.39, 0.29) is 18.0 Å². The van der Waals surface area contributed by atoms with Gasteiger partial charge in [0.2, 0.25) is 5.91 Å². The third-order valence-corrected chi connectivity index (χ3v) is 2.59. The molecule has 7 nitrogen and oxygen atoms in total. The number of urea groups is 1. The van der Waals surface area contributed by atoms with E-state index in [1.54, 1.807) is 13.8 Å². The van der Waals surface area contributed by atoms with Crippen molar-refractivity contribution in [3.63, 3.8) is 0 Å². The maximum absolute atomic E-state index is 11.7. The highest BCUT2D eigenvalue weighted by Gasteiger charge is 2.21. The van der Waals surface area contributed by atoms with Crippen LogP contribution in [0.5, 0.6) is 0 Å². The van der Waals surface area contributed by atoms with Crippen LogP contribution < -0.4 is 16.0 Å². The normalized spacial score (nSPS) is 14.1. The van der Waals surface area contributed by atoms with E-state index in [9.17, 15) is 14.4 Å². The van der Waals surface area contributed by atoms with Crippen LogP contribution >= 0.6 is 0 Å². The van der Waals surface area contributed by atoms with Gasteiger partial charge in [-0.3, -0.25) is 9.59 Å². The average molecular weight is 287 g/mol. The number of hydrogen-bond acceptors (Lipinski definition) is 3. The van der Waals surface area contributed by atoms with Crippen LogP contribution in [0.2, 0.25) is 0 Å². The van der Waals surface area contributed by atoms with Gasteiger partial charge in [-0.2, -0.15) is 0 Å². The van der Waals surface area contributed by atoms with Crippen molar-refractivity contribution in [3.8, 4) is 0 Å². The smallest absolute Gasteiger partial charge is 0.315 e. The number of nitrogens with one attached hydrogen (secondary N) is 3. The SMILES string of the molecule is CCC(CNC(=O)NC(C)C(=O)NC(C)(C)C)C(=O)O. The summed E-state index contributed by atoms with van der Waals surface area (Å²) in [6, 6.07) is -1.25. The van der Waals surface area contributed by atoms with Crippen molar-refractivity contribution in [3.05, 3.63) is 0 Å². The maximum Gasteiger partial charge on any atom is 0.315 e. The van der Waals surface area contributed by atoms with Crippen LogP contribution in [0.1, 0.15) is 41.0 Å². The number of amides is 3. The first-order valence-electron chi connectivity index (χ1n) is 6.66. The van der Waals surface area contributed by atoms with E-state index >= 15 is 0 Å². The van der Waals surface area contributed by atoms with Crippen LogP contribution in [0.25, 0.3) is 0 Å². The molecule has 0 aromatic heterocycles. The van der Waals surface area contributed by atoms with Gasteiger partial charge in [-0.05, 0) is 34.1 Å². The Morgan fingerprint density at radius 1 is 1.20 bits per heavy atom. The number of carbonyl (C=O) groups is 3. The Balaban J connectivity index is 4.20. The van der Waals surface area contributed by atoms with Crippen LogP contribution in [-0.4, -0.2) is 41.1 Å². The summed E-state index contributed by atoms with van der Waals surface area (Å²) in [5.41, 5.74) is -0.375. The molecular formula is C13H25N3O4. The molecule has 2 unspecified atom stereocenters. The zero-order chi connectivity index (χ0) is 15.9. The Bertz CT molecular complexity index is 363. The van der Waals surface area contributed by atoms with Gasteiger partial charge in [-0.25, -0.2) is 4.79 Å². The minimum Gasteiger partial charge on any atom is -0.481 e. The van der Waals surface area contributed by atoms with Gasteiger partial charge in [-0.15, -0.1) is 0 Å². The monoisotopic (exact) mass is 287 g/mol. The molecule has 0 heterocycles. The van der Waals surface area contributed by atoms with Crippen molar-refractivity contribution in [2.75, 3.05) is 6.54 Å². The van der Waals surface area contributed by atoms with Gasteiger partial charge < -0.3 is 21.1 Å². The number of carboxylic acid groups (broad SMARTS) is 1. The van der Waals surface area contributed by atoms with Crippen LogP contribution in [0.4, 0.5) is 4.79 Å². The van der Waals surface area contributed by atoms with Crippen molar-refractivity contribution in [1.29, 1.82) is 0 Å². The molecule has 0 aromatic carbocycles. The first-order chi connectivity index (χ1) is 9.06. The molecule has 2 atom stereocenters. The van der Waals surface area contributed by atoms with E-state index in [0.717, 1.165) is 0 Å². The van der Waals surface area contributed by atoms with Gasteiger partial charge in [0.15, 0.2) is 0 Å². The zero-order valence-corrected chi connectivity index (χ0v) is 12.7. The Morgan fingerprint density at radius 3 is 2.15 bits per heavy atom. The number of hydrogen-bond donors (Lipinski definition) is 4. The summed E-state index contributed by atoms with van der Waals surface area (Å²) in [7, 11) is 0. The predicted molar refractivity (Wildman–Crippen MR) is 75.3 cm³/mol. The molecule has 0 saturated heterocycles. The van der Waals surface area contributed by atoms with Crippen LogP contribution in [0.3, 0.4) is 0 Å². The Kier molecular flexibility index (Phi) is 7.02. The second kappa shape index (κ2) is 7.72. The lowest BCUT2D eigenvalue weighted by atomic mass is 10.1. The third kappa shape index (κ3) is 7.60. The van der Waals surface area contributed by atoms with Gasteiger partial charge in [0.1, 0.15) is 6.04 Å². The summed E-state index contributed by atoms with van der Waals surface area (Å²) in [6.45, 7) is 8.86. The molecule has 0 aliphatic rings. The van der Waals surface area contributed by atoms with Gasteiger partial charge >= 0.3 is 12.0 Å². The van der Waals surface area contributed by atoms with Gasteiger partial charge in [0, 0.05) is 12.1 Å². The van der Waals surface area contributed by atoms with Crippen molar-refractivity contribution in [1.82, 2.24) is 16.0 Å². The summed E-state index contributed by atoms with van der Waals surface area (Å²) in [4.78, 5) is 34.1. The largest absolute Gasteiger partial charge is 0.481 e. The number of aliphatic carboxylic acids is 1. The maximum atomic E-state index is 11.7. The molecule has 3 amide bonds. The first-order valence-corrected chi connectivity index (χ1v) is 6.66. The molecule has 4 N–H and O–H groups in total. The highest BCUT2D eigenvalue weighted by Crippen LogP contribution is 2.01. The van der Waals surface area contributed by atoms with Crippen molar-refractivity contribution in [2.45, 2.75) is 52.6 Å². The van der Waals surface area contributed by atoms with Crippen molar-refractivity contribution in [2.24, 2.45) is 5.92 Å². The molecule has 116 valence electrons.